The highest BCUT2D eigenvalue weighted by Crippen LogP contribution is 2.51. The van der Waals surface area contributed by atoms with Gasteiger partial charge in [-0.05, 0) is 71.3 Å². The molecule has 212 valence electrons. The highest BCUT2D eigenvalue weighted by molar-refractivity contribution is 6.10. The summed E-state index contributed by atoms with van der Waals surface area (Å²) in [5.74, 6) is 0. The quantitative estimate of drug-likeness (QED) is 0.210. The zero-order valence-electron chi connectivity index (χ0n) is 25.0. The fraction of sp³-hybridized carbons (Fsp3) is 0.0732. The van der Waals surface area contributed by atoms with Crippen LogP contribution in [-0.2, 0) is 5.41 Å². The molecule has 45 heavy (non-hydrogen) atoms. The molecule has 0 fully saturated rings. The predicted molar refractivity (Wildman–Crippen MR) is 182 cm³/mol. The smallest absolute Gasteiger partial charge is 0.101 e. The first-order valence-corrected chi connectivity index (χ1v) is 15.1. The second-order valence-electron chi connectivity index (χ2n) is 12.1. The van der Waals surface area contributed by atoms with Gasteiger partial charge >= 0.3 is 0 Å². The summed E-state index contributed by atoms with van der Waals surface area (Å²) in [7, 11) is 0. The summed E-state index contributed by atoms with van der Waals surface area (Å²) >= 11 is 0. The van der Waals surface area contributed by atoms with E-state index in [9.17, 15) is 10.5 Å². The van der Waals surface area contributed by atoms with E-state index in [-0.39, 0.29) is 5.41 Å². The molecule has 4 heteroatoms. The second kappa shape index (κ2) is 9.98. The van der Waals surface area contributed by atoms with E-state index >= 15 is 0 Å². The molecule has 0 radical (unpaired) electrons. The molecule has 0 amide bonds. The highest BCUT2D eigenvalue weighted by Gasteiger charge is 2.36. The van der Waals surface area contributed by atoms with Crippen LogP contribution < -0.4 is 4.90 Å². The van der Waals surface area contributed by atoms with E-state index in [0.717, 1.165) is 44.3 Å². The van der Waals surface area contributed by atoms with E-state index in [1.165, 1.54) is 22.5 Å². The monoisotopic (exact) mass is 576 g/mol. The van der Waals surface area contributed by atoms with Crippen LogP contribution in [0, 0.1) is 22.7 Å². The number of hydrogen-bond donors (Lipinski definition) is 0. The van der Waals surface area contributed by atoms with Crippen molar-refractivity contribution in [1.29, 1.82) is 10.5 Å². The number of benzene rings is 6. The molecule has 1 aliphatic heterocycles. The van der Waals surface area contributed by atoms with Crippen molar-refractivity contribution in [3.63, 3.8) is 0 Å². The number of nitriles is 2. The largest absolute Gasteiger partial charge is 0.310 e. The van der Waals surface area contributed by atoms with Gasteiger partial charge in [0.2, 0.25) is 0 Å². The molecule has 0 bridgehead atoms. The summed E-state index contributed by atoms with van der Waals surface area (Å²) in [6.07, 6.45) is 0. The minimum atomic E-state index is -0.118. The normalized spacial score (nSPS) is 13.2. The summed E-state index contributed by atoms with van der Waals surface area (Å²) in [4.78, 5) is 2.35. The first-order valence-electron chi connectivity index (χ1n) is 15.1. The van der Waals surface area contributed by atoms with E-state index in [1.807, 2.05) is 42.5 Å². The Balaban J connectivity index is 1.32. The van der Waals surface area contributed by atoms with Gasteiger partial charge in [0.05, 0.1) is 45.3 Å². The Morgan fingerprint density at radius 3 is 1.91 bits per heavy atom. The second-order valence-corrected chi connectivity index (χ2v) is 12.1. The molecule has 0 saturated carbocycles. The van der Waals surface area contributed by atoms with Crippen molar-refractivity contribution in [3.05, 3.63) is 156 Å². The third-order valence-corrected chi connectivity index (χ3v) is 9.25. The molecule has 0 aliphatic carbocycles. The first-order chi connectivity index (χ1) is 22.0. The molecule has 0 atom stereocenters. The lowest BCUT2D eigenvalue weighted by atomic mass is 9.73. The molecule has 1 aliphatic rings. The van der Waals surface area contributed by atoms with E-state index < -0.39 is 0 Å². The summed E-state index contributed by atoms with van der Waals surface area (Å²) in [5, 5.41) is 22.0. The van der Waals surface area contributed by atoms with E-state index in [1.54, 1.807) is 0 Å². The third-order valence-electron chi connectivity index (χ3n) is 9.25. The molecule has 0 saturated heterocycles. The molecule has 4 nitrogen and oxygen atoms in total. The number of hydrogen-bond acceptors (Lipinski definition) is 3. The van der Waals surface area contributed by atoms with Crippen molar-refractivity contribution in [2.24, 2.45) is 0 Å². The summed E-state index contributed by atoms with van der Waals surface area (Å²) in [5.41, 5.74) is 11.9. The maximum Gasteiger partial charge on any atom is 0.101 e. The SMILES string of the molecule is CC1(C)c2ccccc2N(c2ccc(-c3cccc(C#N)c3-n3c4ccccc4c4cc(C#N)ccc43)cc2)c2ccccc21. The highest BCUT2D eigenvalue weighted by atomic mass is 15.2. The molecule has 6 aromatic carbocycles. The van der Waals surface area contributed by atoms with Crippen LogP contribution in [0.3, 0.4) is 0 Å². The molecular weight excluding hydrogens is 548 g/mol. The van der Waals surface area contributed by atoms with Crippen molar-refractivity contribution < 1.29 is 0 Å². The zero-order valence-corrected chi connectivity index (χ0v) is 25.0. The molecule has 2 heterocycles. The number of anilines is 3. The van der Waals surface area contributed by atoms with Crippen LogP contribution >= 0.6 is 0 Å². The molecule has 1 aromatic heterocycles. The van der Waals surface area contributed by atoms with E-state index in [0.29, 0.717) is 11.1 Å². The van der Waals surface area contributed by atoms with Gasteiger partial charge < -0.3 is 9.47 Å². The van der Waals surface area contributed by atoms with Crippen molar-refractivity contribution in [3.8, 4) is 29.0 Å². The van der Waals surface area contributed by atoms with Gasteiger partial charge in [0.25, 0.3) is 0 Å². The van der Waals surface area contributed by atoms with Crippen molar-refractivity contribution in [2.45, 2.75) is 19.3 Å². The van der Waals surface area contributed by atoms with Gasteiger partial charge in [0.15, 0.2) is 0 Å². The number of rotatable bonds is 3. The minimum absolute atomic E-state index is 0.118. The van der Waals surface area contributed by atoms with Gasteiger partial charge in [-0.1, -0.05) is 92.7 Å². The van der Waals surface area contributed by atoms with E-state index in [2.05, 4.69) is 126 Å². The lowest BCUT2D eigenvalue weighted by Gasteiger charge is -2.42. The van der Waals surface area contributed by atoms with Crippen molar-refractivity contribution in [1.82, 2.24) is 4.57 Å². The summed E-state index contributed by atoms with van der Waals surface area (Å²) < 4.78 is 2.17. The molecule has 0 N–H and O–H groups in total. The standard InChI is InChI=1S/C41H28N4/c1-41(2)34-13-4-7-16-38(34)44(39-17-8-5-14-35(39)41)30-21-19-28(20-22-30)31-12-9-10-29(26-43)40(31)45-36-15-6-3-11-32(36)33-24-27(25-42)18-23-37(33)45/h3-24H,1-2H3. The Morgan fingerprint density at radius 2 is 1.22 bits per heavy atom. The van der Waals surface area contributed by atoms with Crippen LogP contribution in [-0.4, -0.2) is 4.57 Å². The van der Waals surface area contributed by atoms with Gasteiger partial charge in [0, 0.05) is 27.4 Å². The van der Waals surface area contributed by atoms with Crippen LogP contribution in [0.5, 0.6) is 0 Å². The maximum absolute atomic E-state index is 10.3. The molecule has 7 aromatic rings. The molecule has 0 spiro atoms. The summed E-state index contributed by atoms with van der Waals surface area (Å²) in [6, 6.07) is 50.6. The van der Waals surface area contributed by atoms with Gasteiger partial charge in [-0.2, -0.15) is 10.5 Å². The number of para-hydroxylation sites is 4. The Labute approximate surface area is 262 Å². The topological polar surface area (TPSA) is 55.8 Å². The lowest BCUT2D eigenvalue weighted by Crippen LogP contribution is -2.30. The van der Waals surface area contributed by atoms with Gasteiger partial charge in [-0.15, -0.1) is 0 Å². The van der Waals surface area contributed by atoms with E-state index in [4.69, 9.17) is 0 Å². The van der Waals surface area contributed by atoms with Gasteiger partial charge in [-0.25, -0.2) is 0 Å². The third kappa shape index (κ3) is 3.90. The van der Waals surface area contributed by atoms with Crippen LogP contribution in [0.2, 0.25) is 0 Å². The predicted octanol–water partition coefficient (Wildman–Crippen LogP) is 10.3. The van der Waals surface area contributed by atoms with Crippen molar-refractivity contribution in [2.75, 3.05) is 4.90 Å². The fourth-order valence-corrected chi connectivity index (χ4v) is 7.13. The average Bonchev–Trinajstić information content (AvgIpc) is 3.41. The summed E-state index contributed by atoms with van der Waals surface area (Å²) in [6.45, 7) is 4.59. The Morgan fingerprint density at radius 1 is 0.578 bits per heavy atom. The molecule has 0 unspecified atom stereocenters. The van der Waals surface area contributed by atoms with Gasteiger partial charge in [0.1, 0.15) is 6.07 Å². The fourth-order valence-electron chi connectivity index (χ4n) is 7.13. The first kappa shape index (κ1) is 26.5. The zero-order chi connectivity index (χ0) is 30.7. The minimum Gasteiger partial charge on any atom is -0.310 e. The molecular formula is C41H28N4. The van der Waals surface area contributed by atoms with Gasteiger partial charge in [-0.3, -0.25) is 0 Å². The van der Waals surface area contributed by atoms with Crippen LogP contribution in [0.15, 0.2) is 133 Å². The number of aromatic nitrogens is 1. The van der Waals surface area contributed by atoms with Crippen LogP contribution in [0.4, 0.5) is 17.1 Å². The Hall–Kier alpha value is -6.10. The average molecular weight is 577 g/mol. The number of fused-ring (bicyclic) bond motifs is 5. The maximum atomic E-state index is 10.3. The van der Waals surface area contributed by atoms with Crippen LogP contribution in [0.25, 0.3) is 38.6 Å². The van der Waals surface area contributed by atoms with Crippen molar-refractivity contribution >= 4 is 38.9 Å². The Bertz CT molecular complexity index is 2330. The molecule has 8 rings (SSSR count). The lowest BCUT2D eigenvalue weighted by molar-refractivity contribution is 0.632. The van der Waals surface area contributed by atoms with Crippen LogP contribution in [0.1, 0.15) is 36.1 Å². The number of nitrogens with zero attached hydrogens (tertiary/aromatic N) is 4. The Kier molecular flexibility index (Phi) is 5.88.